The molecule has 0 aromatic heterocycles. The smallest absolute Gasteiger partial charge is 0.0693 e. The van der Waals surface area contributed by atoms with Gasteiger partial charge in [-0.3, -0.25) is 0 Å². The van der Waals surface area contributed by atoms with Gasteiger partial charge in [0.25, 0.3) is 0 Å². The maximum absolute atomic E-state index is 5.76. The van der Waals surface area contributed by atoms with Gasteiger partial charge in [0.2, 0.25) is 0 Å². The van der Waals surface area contributed by atoms with Crippen LogP contribution in [0, 0.1) is 5.92 Å². The van der Waals surface area contributed by atoms with Crippen molar-refractivity contribution in [2.75, 3.05) is 13.7 Å². The Morgan fingerprint density at radius 3 is 2.44 bits per heavy atom. The third kappa shape index (κ3) is 2.60. The first-order chi connectivity index (χ1) is 7.79. The second-order valence-electron chi connectivity index (χ2n) is 5.70. The molecular formula is C14H27NO. The highest BCUT2D eigenvalue weighted by atomic mass is 16.5. The summed E-state index contributed by atoms with van der Waals surface area (Å²) in [5, 5.41) is 3.75. The van der Waals surface area contributed by atoms with E-state index in [0.29, 0.717) is 6.04 Å². The van der Waals surface area contributed by atoms with Crippen molar-refractivity contribution in [2.45, 2.75) is 69.9 Å². The molecular weight excluding hydrogens is 198 g/mol. The Hall–Kier alpha value is -0.0800. The summed E-state index contributed by atoms with van der Waals surface area (Å²) in [6, 6.07) is 0.717. The van der Waals surface area contributed by atoms with Crippen LogP contribution in [0.5, 0.6) is 0 Å². The van der Waals surface area contributed by atoms with Gasteiger partial charge in [-0.05, 0) is 57.4 Å². The zero-order chi connectivity index (χ0) is 11.4. The van der Waals surface area contributed by atoms with Crippen molar-refractivity contribution in [1.82, 2.24) is 5.32 Å². The van der Waals surface area contributed by atoms with E-state index in [1.54, 1.807) is 0 Å². The summed E-state index contributed by atoms with van der Waals surface area (Å²) in [5.74, 6) is 0.930. The number of hydrogen-bond donors (Lipinski definition) is 1. The lowest BCUT2D eigenvalue weighted by molar-refractivity contribution is -0.0892. The second kappa shape index (κ2) is 5.50. The predicted molar refractivity (Wildman–Crippen MR) is 67.6 cm³/mol. The molecule has 0 spiro atoms. The second-order valence-corrected chi connectivity index (χ2v) is 5.70. The van der Waals surface area contributed by atoms with Crippen molar-refractivity contribution in [1.29, 1.82) is 0 Å². The number of ether oxygens (including phenoxy) is 1. The van der Waals surface area contributed by atoms with Crippen molar-refractivity contribution in [3.63, 3.8) is 0 Å². The highest BCUT2D eigenvalue weighted by Gasteiger charge is 2.41. The van der Waals surface area contributed by atoms with E-state index < -0.39 is 0 Å². The Kier molecular flexibility index (Phi) is 4.26. The lowest BCUT2D eigenvalue weighted by Gasteiger charge is -2.46. The molecule has 0 bridgehead atoms. The van der Waals surface area contributed by atoms with Crippen LogP contribution in [0.4, 0.5) is 0 Å². The SMILES string of the molecule is CCCNC(CC1(OC)CCC1)C1CCC1. The molecule has 94 valence electrons. The Morgan fingerprint density at radius 1 is 1.31 bits per heavy atom. The van der Waals surface area contributed by atoms with Crippen LogP contribution in [0.2, 0.25) is 0 Å². The first kappa shape index (κ1) is 12.4. The molecule has 2 heteroatoms. The fourth-order valence-electron chi connectivity index (χ4n) is 3.04. The van der Waals surface area contributed by atoms with Crippen molar-refractivity contribution in [3.8, 4) is 0 Å². The minimum absolute atomic E-state index is 0.237. The molecule has 2 aliphatic carbocycles. The molecule has 0 aliphatic heterocycles. The topological polar surface area (TPSA) is 21.3 Å². The van der Waals surface area contributed by atoms with E-state index in [2.05, 4.69) is 12.2 Å². The Morgan fingerprint density at radius 2 is 2.06 bits per heavy atom. The Balaban J connectivity index is 1.84. The zero-order valence-corrected chi connectivity index (χ0v) is 10.9. The molecule has 0 aromatic rings. The summed E-state index contributed by atoms with van der Waals surface area (Å²) in [4.78, 5) is 0. The monoisotopic (exact) mass is 225 g/mol. The van der Waals surface area contributed by atoms with Crippen LogP contribution in [0.25, 0.3) is 0 Å². The number of methoxy groups -OCH3 is 1. The van der Waals surface area contributed by atoms with Gasteiger partial charge in [-0.2, -0.15) is 0 Å². The third-order valence-electron chi connectivity index (χ3n) is 4.67. The highest BCUT2D eigenvalue weighted by molar-refractivity contribution is 4.96. The summed E-state index contributed by atoms with van der Waals surface area (Å²) in [5.41, 5.74) is 0.237. The minimum atomic E-state index is 0.237. The molecule has 1 unspecified atom stereocenters. The molecule has 0 radical (unpaired) electrons. The molecule has 2 rings (SSSR count). The first-order valence-corrected chi connectivity index (χ1v) is 7.08. The van der Waals surface area contributed by atoms with Crippen molar-refractivity contribution in [2.24, 2.45) is 5.92 Å². The van der Waals surface area contributed by atoms with Crippen LogP contribution in [0.1, 0.15) is 58.3 Å². The van der Waals surface area contributed by atoms with E-state index in [1.807, 2.05) is 7.11 Å². The van der Waals surface area contributed by atoms with Gasteiger partial charge in [-0.25, -0.2) is 0 Å². The predicted octanol–water partition coefficient (Wildman–Crippen LogP) is 3.11. The Bertz CT molecular complexity index is 203. The van der Waals surface area contributed by atoms with Gasteiger partial charge in [0.15, 0.2) is 0 Å². The first-order valence-electron chi connectivity index (χ1n) is 7.08. The van der Waals surface area contributed by atoms with E-state index >= 15 is 0 Å². The number of hydrogen-bond acceptors (Lipinski definition) is 2. The summed E-state index contributed by atoms with van der Waals surface area (Å²) in [7, 11) is 1.90. The molecule has 1 atom stereocenters. The average Bonchev–Trinajstić information content (AvgIpc) is 2.16. The lowest BCUT2D eigenvalue weighted by atomic mass is 9.70. The lowest BCUT2D eigenvalue weighted by Crippen LogP contribution is -2.49. The fraction of sp³-hybridized carbons (Fsp3) is 1.00. The van der Waals surface area contributed by atoms with Crippen LogP contribution in [0.3, 0.4) is 0 Å². The van der Waals surface area contributed by atoms with Gasteiger partial charge >= 0.3 is 0 Å². The summed E-state index contributed by atoms with van der Waals surface area (Å²) in [6.45, 7) is 3.42. The van der Waals surface area contributed by atoms with Gasteiger partial charge in [-0.15, -0.1) is 0 Å². The quantitative estimate of drug-likeness (QED) is 0.719. The molecule has 2 aliphatic rings. The van der Waals surface area contributed by atoms with Crippen LogP contribution in [-0.2, 0) is 4.74 Å². The standard InChI is InChI=1S/C14H27NO/c1-3-10-15-13(12-6-4-7-12)11-14(16-2)8-5-9-14/h12-13,15H,3-11H2,1-2H3. The van der Waals surface area contributed by atoms with E-state index in [4.69, 9.17) is 4.74 Å². The van der Waals surface area contributed by atoms with Gasteiger partial charge in [0.05, 0.1) is 5.60 Å². The Labute approximate surface area is 100 Å². The molecule has 2 fully saturated rings. The zero-order valence-electron chi connectivity index (χ0n) is 10.9. The average molecular weight is 225 g/mol. The van der Waals surface area contributed by atoms with E-state index in [-0.39, 0.29) is 5.60 Å². The summed E-state index contributed by atoms with van der Waals surface area (Å²) in [6.07, 6.45) is 10.7. The van der Waals surface area contributed by atoms with Crippen molar-refractivity contribution < 1.29 is 4.74 Å². The molecule has 0 heterocycles. The van der Waals surface area contributed by atoms with Gasteiger partial charge in [0, 0.05) is 13.2 Å². The van der Waals surface area contributed by atoms with Crippen molar-refractivity contribution in [3.05, 3.63) is 0 Å². The van der Waals surface area contributed by atoms with Gasteiger partial charge < -0.3 is 10.1 Å². The molecule has 2 nitrogen and oxygen atoms in total. The molecule has 0 aromatic carbocycles. The number of nitrogens with one attached hydrogen (secondary N) is 1. The minimum Gasteiger partial charge on any atom is -0.378 e. The van der Waals surface area contributed by atoms with Crippen LogP contribution in [0.15, 0.2) is 0 Å². The maximum atomic E-state index is 5.76. The van der Waals surface area contributed by atoms with Gasteiger partial charge in [-0.1, -0.05) is 13.3 Å². The maximum Gasteiger partial charge on any atom is 0.0693 e. The van der Waals surface area contributed by atoms with Crippen LogP contribution >= 0.6 is 0 Å². The fourth-order valence-corrected chi connectivity index (χ4v) is 3.04. The van der Waals surface area contributed by atoms with Crippen LogP contribution < -0.4 is 5.32 Å². The van der Waals surface area contributed by atoms with E-state index in [0.717, 1.165) is 5.92 Å². The van der Waals surface area contributed by atoms with Crippen molar-refractivity contribution >= 4 is 0 Å². The highest BCUT2D eigenvalue weighted by Crippen LogP contribution is 2.42. The van der Waals surface area contributed by atoms with E-state index in [9.17, 15) is 0 Å². The molecule has 0 amide bonds. The summed E-state index contributed by atoms with van der Waals surface area (Å²) >= 11 is 0. The van der Waals surface area contributed by atoms with Crippen LogP contribution in [-0.4, -0.2) is 25.3 Å². The number of rotatable bonds is 7. The largest absolute Gasteiger partial charge is 0.378 e. The van der Waals surface area contributed by atoms with E-state index in [1.165, 1.54) is 57.9 Å². The summed E-state index contributed by atoms with van der Waals surface area (Å²) < 4.78 is 5.76. The molecule has 0 saturated heterocycles. The molecule has 2 saturated carbocycles. The van der Waals surface area contributed by atoms with Gasteiger partial charge in [0.1, 0.15) is 0 Å². The third-order valence-corrected chi connectivity index (χ3v) is 4.67. The molecule has 1 N–H and O–H groups in total. The molecule has 16 heavy (non-hydrogen) atoms. The normalized spacial score (nSPS) is 25.9.